The molecule has 8 heteroatoms. The van der Waals surface area contributed by atoms with Gasteiger partial charge in [-0.1, -0.05) is 56.3 Å². The van der Waals surface area contributed by atoms with Crippen LogP contribution in [0.3, 0.4) is 0 Å². The van der Waals surface area contributed by atoms with Gasteiger partial charge in [0.1, 0.15) is 0 Å². The molecule has 1 aliphatic rings. The Morgan fingerprint density at radius 2 is 1.57 bits per heavy atom. The SMILES string of the molecule is CC(C)[C@H](N)C(=O)N1C[C@@H](C(=O)NCCCCN)[C@H](C(=O)NCCc2ccc3ccccc3c2)C1. The van der Waals surface area contributed by atoms with Gasteiger partial charge in [-0.25, -0.2) is 0 Å². The van der Waals surface area contributed by atoms with Gasteiger partial charge in [0, 0.05) is 26.2 Å². The summed E-state index contributed by atoms with van der Waals surface area (Å²) >= 11 is 0. The minimum atomic E-state index is -0.655. The molecule has 1 saturated heterocycles. The second kappa shape index (κ2) is 12.7. The molecule has 0 saturated carbocycles. The fraction of sp³-hybridized carbons (Fsp3) is 0.519. The number of likely N-dealkylation sites (tertiary alicyclic amines) is 1. The summed E-state index contributed by atoms with van der Waals surface area (Å²) in [5.74, 6) is -1.86. The molecular formula is C27H39N5O3. The highest BCUT2D eigenvalue weighted by molar-refractivity contribution is 5.91. The molecule has 3 atom stereocenters. The summed E-state index contributed by atoms with van der Waals surface area (Å²) in [5.41, 5.74) is 12.7. The van der Waals surface area contributed by atoms with Gasteiger partial charge in [-0.05, 0) is 48.1 Å². The second-order valence-electron chi connectivity index (χ2n) is 9.74. The molecule has 0 spiro atoms. The largest absolute Gasteiger partial charge is 0.356 e. The maximum absolute atomic E-state index is 13.1. The first kappa shape index (κ1) is 26.6. The van der Waals surface area contributed by atoms with E-state index in [1.807, 2.05) is 26.0 Å². The highest BCUT2D eigenvalue weighted by Crippen LogP contribution is 2.25. The standard InChI is InChI=1S/C27H39N5O3/c1-18(2)24(29)27(35)32-16-22(25(33)30-13-6-5-12-28)23(17-32)26(34)31-14-11-19-9-10-20-7-3-4-8-21(20)15-19/h3-4,7-10,15,18,22-24H,5-6,11-14,16-17,28-29H2,1-2H3,(H,30,33)(H,31,34)/t22-,23-,24+/m1/s1. The van der Waals surface area contributed by atoms with Gasteiger partial charge in [-0.15, -0.1) is 0 Å². The van der Waals surface area contributed by atoms with Gasteiger partial charge in [-0.3, -0.25) is 14.4 Å². The predicted octanol–water partition coefficient (Wildman–Crippen LogP) is 1.41. The Morgan fingerprint density at radius 1 is 0.943 bits per heavy atom. The molecule has 0 aliphatic carbocycles. The Hall–Kier alpha value is -2.97. The van der Waals surface area contributed by atoms with Gasteiger partial charge in [0.2, 0.25) is 17.7 Å². The Balaban J connectivity index is 1.62. The zero-order chi connectivity index (χ0) is 25.4. The molecule has 3 rings (SSSR count). The maximum Gasteiger partial charge on any atom is 0.239 e. The number of nitrogens with two attached hydrogens (primary N) is 2. The summed E-state index contributed by atoms with van der Waals surface area (Å²) in [6, 6.07) is 13.8. The number of fused-ring (bicyclic) bond motifs is 1. The third kappa shape index (κ3) is 7.02. The number of carbonyl (C=O) groups excluding carboxylic acids is 3. The Morgan fingerprint density at radius 3 is 2.20 bits per heavy atom. The molecule has 1 aliphatic heterocycles. The van der Waals surface area contributed by atoms with E-state index in [-0.39, 0.29) is 36.7 Å². The molecule has 190 valence electrons. The molecule has 0 unspecified atom stereocenters. The van der Waals surface area contributed by atoms with Crippen molar-refractivity contribution in [2.45, 2.75) is 39.2 Å². The van der Waals surface area contributed by atoms with E-state index in [0.29, 0.717) is 26.1 Å². The molecule has 3 amide bonds. The second-order valence-corrected chi connectivity index (χ2v) is 9.74. The first-order chi connectivity index (χ1) is 16.8. The third-order valence-electron chi connectivity index (χ3n) is 6.77. The van der Waals surface area contributed by atoms with Gasteiger partial charge < -0.3 is 27.0 Å². The van der Waals surface area contributed by atoms with E-state index >= 15 is 0 Å². The van der Waals surface area contributed by atoms with Crippen molar-refractivity contribution in [1.29, 1.82) is 0 Å². The highest BCUT2D eigenvalue weighted by atomic mass is 16.2. The number of nitrogens with zero attached hydrogens (tertiary/aromatic N) is 1. The van der Waals surface area contributed by atoms with Crippen molar-refractivity contribution in [3.63, 3.8) is 0 Å². The van der Waals surface area contributed by atoms with Gasteiger partial charge in [0.15, 0.2) is 0 Å². The van der Waals surface area contributed by atoms with Crippen LogP contribution in [0.5, 0.6) is 0 Å². The minimum Gasteiger partial charge on any atom is -0.356 e. The van der Waals surface area contributed by atoms with Crippen LogP contribution in [0.15, 0.2) is 42.5 Å². The molecular weight excluding hydrogens is 442 g/mol. The van der Waals surface area contributed by atoms with Gasteiger partial charge in [0.25, 0.3) is 0 Å². The molecule has 6 N–H and O–H groups in total. The number of rotatable bonds is 11. The molecule has 2 aromatic rings. The van der Waals surface area contributed by atoms with E-state index in [4.69, 9.17) is 11.5 Å². The lowest BCUT2D eigenvalue weighted by Gasteiger charge is -2.23. The molecule has 8 nitrogen and oxygen atoms in total. The van der Waals surface area contributed by atoms with Gasteiger partial charge in [-0.2, -0.15) is 0 Å². The average Bonchev–Trinajstić information content (AvgIpc) is 3.31. The molecule has 1 heterocycles. The van der Waals surface area contributed by atoms with E-state index in [2.05, 4.69) is 41.0 Å². The lowest BCUT2D eigenvalue weighted by atomic mass is 9.94. The van der Waals surface area contributed by atoms with Crippen LogP contribution in [-0.4, -0.2) is 61.4 Å². The first-order valence-corrected chi connectivity index (χ1v) is 12.6. The van der Waals surface area contributed by atoms with Crippen LogP contribution < -0.4 is 22.1 Å². The summed E-state index contributed by atoms with van der Waals surface area (Å²) in [6.45, 7) is 5.69. The summed E-state index contributed by atoms with van der Waals surface area (Å²) < 4.78 is 0. The third-order valence-corrected chi connectivity index (χ3v) is 6.77. The van der Waals surface area contributed by atoms with Crippen LogP contribution in [-0.2, 0) is 20.8 Å². The van der Waals surface area contributed by atoms with Gasteiger partial charge in [0.05, 0.1) is 17.9 Å². The number of hydrogen-bond acceptors (Lipinski definition) is 5. The Labute approximate surface area is 207 Å². The van der Waals surface area contributed by atoms with Crippen molar-refractivity contribution in [2.24, 2.45) is 29.2 Å². The lowest BCUT2D eigenvalue weighted by molar-refractivity contribution is -0.133. The van der Waals surface area contributed by atoms with E-state index < -0.39 is 17.9 Å². The lowest BCUT2D eigenvalue weighted by Crippen LogP contribution is -2.46. The molecule has 0 aromatic heterocycles. The van der Waals surface area contributed by atoms with Crippen molar-refractivity contribution in [2.75, 3.05) is 32.7 Å². The van der Waals surface area contributed by atoms with Crippen molar-refractivity contribution < 1.29 is 14.4 Å². The van der Waals surface area contributed by atoms with Crippen LogP contribution in [0.1, 0.15) is 32.3 Å². The molecule has 2 aromatic carbocycles. The van der Waals surface area contributed by atoms with Crippen molar-refractivity contribution >= 4 is 28.5 Å². The van der Waals surface area contributed by atoms with E-state index in [0.717, 1.165) is 23.8 Å². The molecule has 0 bridgehead atoms. The number of nitrogens with one attached hydrogen (secondary N) is 2. The number of carbonyl (C=O) groups is 3. The van der Waals surface area contributed by atoms with E-state index in [1.54, 1.807) is 4.90 Å². The quantitative estimate of drug-likeness (QED) is 0.361. The number of hydrogen-bond donors (Lipinski definition) is 4. The average molecular weight is 482 g/mol. The molecule has 0 radical (unpaired) electrons. The minimum absolute atomic E-state index is 0.0270. The number of benzene rings is 2. The van der Waals surface area contributed by atoms with Crippen molar-refractivity contribution in [1.82, 2.24) is 15.5 Å². The monoisotopic (exact) mass is 481 g/mol. The van der Waals surface area contributed by atoms with Crippen molar-refractivity contribution in [3.05, 3.63) is 48.0 Å². The Kier molecular flexibility index (Phi) is 9.63. The normalized spacial score (nSPS) is 18.6. The summed E-state index contributed by atoms with van der Waals surface area (Å²) in [5, 5.41) is 8.24. The Bertz CT molecular complexity index is 1020. The predicted molar refractivity (Wildman–Crippen MR) is 138 cm³/mol. The number of unbranched alkanes of at least 4 members (excludes halogenated alkanes) is 1. The summed E-state index contributed by atoms with van der Waals surface area (Å²) in [4.78, 5) is 40.5. The fourth-order valence-electron chi connectivity index (χ4n) is 4.48. The zero-order valence-electron chi connectivity index (χ0n) is 20.8. The maximum atomic E-state index is 13.1. The van der Waals surface area contributed by atoms with Gasteiger partial charge >= 0.3 is 0 Å². The first-order valence-electron chi connectivity index (χ1n) is 12.6. The topological polar surface area (TPSA) is 131 Å². The smallest absolute Gasteiger partial charge is 0.239 e. The summed E-state index contributed by atoms with van der Waals surface area (Å²) in [7, 11) is 0. The van der Waals surface area contributed by atoms with Crippen LogP contribution in [0.25, 0.3) is 10.8 Å². The van der Waals surface area contributed by atoms with E-state index in [9.17, 15) is 14.4 Å². The summed E-state index contributed by atoms with van der Waals surface area (Å²) in [6.07, 6.45) is 2.27. The van der Waals surface area contributed by atoms with E-state index in [1.165, 1.54) is 5.39 Å². The van der Waals surface area contributed by atoms with Crippen LogP contribution >= 0.6 is 0 Å². The fourth-order valence-corrected chi connectivity index (χ4v) is 4.48. The number of amides is 3. The van der Waals surface area contributed by atoms with Crippen LogP contribution in [0, 0.1) is 17.8 Å². The van der Waals surface area contributed by atoms with Crippen LogP contribution in [0.2, 0.25) is 0 Å². The molecule has 1 fully saturated rings. The van der Waals surface area contributed by atoms with Crippen LogP contribution in [0.4, 0.5) is 0 Å². The molecule has 35 heavy (non-hydrogen) atoms. The van der Waals surface area contributed by atoms with Crippen molar-refractivity contribution in [3.8, 4) is 0 Å². The zero-order valence-corrected chi connectivity index (χ0v) is 20.8. The highest BCUT2D eigenvalue weighted by Gasteiger charge is 2.44.